The van der Waals surface area contributed by atoms with Crippen LogP contribution < -0.4 is 0 Å². The number of likely N-dealkylation sites (tertiary alicyclic amines) is 2. The fourth-order valence-corrected chi connectivity index (χ4v) is 5.49. The van der Waals surface area contributed by atoms with Gasteiger partial charge in [0.25, 0.3) is 5.91 Å². The van der Waals surface area contributed by atoms with Crippen LogP contribution >= 0.6 is 0 Å². The Bertz CT molecular complexity index is 850. The zero-order valence-electron chi connectivity index (χ0n) is 16.5. The minimum atomic E-state index is 0.153. The molecular weight excluding hydrogens is 354 g/mol. The summed E-state index contributed by atoms with van der Waals surface area (Å²) in [7, 11) is 1.84. The van der Waals surface area contributed by atoms with Crippen molar-refractivity contribution in [3.63, 3.8) is 0 Å². The highest BCUT2D eigenvalue weighted by Gasteiger charge is 2.56. The number of carbonyl (C=O) groups is 1. The summed E-state index contributed by atoms with van der Waals surface area (Å²) < 4.78 is 11.4. The summed E-state index contributed by atoms with van der Waals surface area (Å²) in [4.78, 5) is 20.9. The predicted molar refractivity (Wildman–Crippen MR) is 108 cm³/mol. The molecule has 3 aliphatic rings. The standard InChI is InChI=1S/C22H29N3O3/c1-27-20-15-25(22(20)7-12-28-13-8-22)18-5-10-24(11-6-18)21(26)17-2-3-19-16(14-17)4-9-23-19/h2-4,9,14,18,20,23H,5-8,10-13,15H2,1H3. The summed E-state index contributed by atoms with van der Waals surface area (Å²) in [5.74, 6) is 0.153. The van der Waals surface area contributed by atoms with Gasteiger partial charge in [0.05, 0.1) is 11.6 Å². The number of hydrogen-bond donors (Lipinski definition) is 1. The lowest BCUT2D eigenvalue weighted by molar-refractivity contribution is -0.207. The lowest BCUT2D eigenvalue weighted by atomic mass is 9.73. The Labute approximate surface area is 165 Å². The van der Waals surface area contributed by atoms with E-state index in [0.29, 0.717) is 12.1 Å². The number of ether oxygens (including phenoxy) is 2. The van der Waals surface area contributed by atoms with E-state index in [2.05, 4.69) is 9.88 Å². The molecule has 150 valence electrons. The van der Waals surface area contributed by atoms with E-state index in [1.54, 1.807) is 0 Å². The van der Waals surface area contributed by atoms with Crippen molar-refractivity contribution in [2.75, 3.05) is 40.0 Å². The van der Waals surface area contributed by atoms with E-state index in [9.17, 15) is 4.79 Å². The highest BCUT2D eigenvalue weighted by atomic mass is 16.5. The summed E-state index contributed by atoms with van der Waals surface area (Å²) >= 11 is 0. The van der Waals surface area contributed by atoms with Crippen molar-refractivity contribution in [3.05, 3.63) is 36.0 Å². The van der Waals surface area contributed by atoms with Gasteiger partial charge in [0, 0.05) is 68.7 Å². The van der Waals surface area contributed by atoms with Crippen LogP contribution in [0, 0.1) is 0 Å². The van der Waals surface area contributed by atoms with Gasteiger partial charge in [-0.3, -0.25) is 9.69 Å². The molecule has 3 saturated heterocycles. The van der Waals surface area contributed by atoms with Gasteiger partial charge in [0.2, 0.25) is 0 Å². The molecule has 1 atom stereocenters. The number of piperidine rings is 1. The summed E-state index contributed by atoms with van der Waals surface area (Å²) in [6.07, 6.45) is 6.43. The minimum Gasteiger partial charge on any atom is -0.381 e. The van der Waals surface area contributed by atoms with Gasteiger partial charge in [-0.15, -0.1) is 0 Å². The number of carbonyl (C=O) groups excluding carboxylic acids is 1. The second-order valence-electron chi connectivity index (χ2n) is 8.40. The molecule has 1 aromatic heterocycles. The average molecular weight is 383 g/mol. The number of aromatic nitrogens is 1. The van der Waals surface area contributed by atoms with E-state index in [-0.39, 0.29) is 11.4 Å². The third kappa shape index (κ3) is 2.86. The first-order valence-electron chi connectivity index (χ1n) is 10.4. The normalized spacial score (nSPS) is 25.9. The number of aromatic amines is 1. The molecule has 6 nitrogen and oxygen atoms in total. The molecule has 3 aliphatic heterocycles. The Hall–Kier alpha value is -1.89. The number of amides is 1. The van der Waals surface area contributed by atoms with Crippen LogP contribution in [0.25, 0.3) is 10.9 Å². The van der Waals surface area contributed by atoms with Crippen molar-refractivity contribution in [2.24, 2.45) is 0 Å². The van der Waals surface area contributed by atoms with E-state index in [0.717, 1.165) is 75.0 Å². The van der Waals surface area contributed by atoms with Crippen LogP contribution in [0.4, 0.5) is 0 Å². The van der Waals surface area contributed by atoms with Crippen LogP contribution in [0.5, 0.6) is 0 Å². The molecule has 0 saturated carbocycles. The highest BCUT2D eigenvalue weighted by molar-refractivity contribution is 5.98. The largest absolute Gasteiger partial charge is 0.381 e. The Morgan fingerprint density at radius 2 is 2.00 bits per heavy atom. The zero-order valence-corrected chi connectivity index (χ0v) is 16.5. The molecule has 3 fully saturated rings. The molecule has 28 heavy (non-hydrogen) atoms. The van der Waals surface area contributed by atoms with Gasteiger partial charge < -0.3 is 19.4 Å². The van der Waals surface area contributed by atoms with Crippen molar-refractivity contribution in [3.8, 4) is 0 Å². The number of hydrogen-bond acceptors (Lipinski definition) is 4. The first-order valence-corrected chi connectivity index (χ1v) is 10.4. The fourth-order valence-electron chi connectivity index (χ4n) is 5.49. The molecule has 5 rings (SSSR count). The van der Waals surface area contributed by atoms with Crippen molar-refractivity contribution in [1.82, 2.24) is 14.8 Å². The second kappa shape index (κ2) is 7.17. The first-order chi connectivity index (χ1) is 13.7. The number of nitrogens with zero attached hydrogens (tertiary/aromatic N) is 2. The third-order valence-electron chi connectivity index (χ3n) is 7.17. The maximum Gasteiger partial charge on any atom is 0.253 e. The molecule has 4 heterocycles. The monoisotopic (exact) mass is 383 g/mol. The zero-order chi connectivity index (χ0) is 19.1. The Morgan fingerprint density at radius 1 is 1.21 bits per heavy atom. The number of fused-ring (bicyclic) bond motifs is 1. The lowest BCUT2D eigenvalue weighted by Crippen LogP contribution is -2.75. The molecule has 2 aromatic rings. The molecule has 1 N–H and O–H groups in total. The molecule has 0 bridgehead atoms. The Kier molecular flexibility index (Phi) is 4.65. The topological polar surface area (TPSA) is 57.8 Å². The van der Waals surface area contributed by atoms with Crippen molar-refractivity contribution in [1.29, 1.82) is 0 Å². The maximum absolute atomic E-state index is 13.0. The lowest BCUT2D eigenvalue weighted by Gasteiger charge is -2.63. The molecular formula is C22H29N3O3. The van der Waals surface area contributed by atoms with Crippen molar-refractivity contribution in [2.45, 2.75) is 43.4 Å². The minimum absolute atomic E-state index is 0.153. The molecule has 1 aromatic carbocycles. The predicted octanol–water partition coefficient (Wildman–Crippen LogP) is 2.65. The number of H-pyrrole nitrogens is 1. The molecule has 1 spiro atoms. The van der Waals surface area contributed by atoms with Crippen LogP contribution in [-0.4, -0.2) is 78.3 Å². The smallest absolute Gasteiger partial charge is 0.253 e. The molecule has 0 aliphatic carbocycles. The van der Waals surface area contributed by atoms with Gasteiger partial charge in [-0.2, -0.15) is 0 Å². The Balaban J connectivity index is 1.24. The van der Waals surface area contributed by atoms with Crippen LogP contribution in [0.3, 0.4) is 0 Å². The highest BCUT2D eigenvalue weighted by Crippen LogP contribution is 2.44. The van der Waals surface area contributed by atoms with E-state index in [1.807, 2.05) is 42.5 Å². The Morgan fingerprint density at radius 3 is 2.75 bits per heavy atom. The summed E-state index contributed by atoms with van der Waals surface area (Å²) in [5, 5.41) is 1.09. The van der Waals surface area contributed by atoms with E-state index in [4.69, 9.17) is 9.47 Å². The van der Waals surface area contributed by atoms with Gasteiger partial charge in [-0.1, -0.05) is 0 Å². The number of rotatable bonds is 3. The van der Waals surface area contributed by atoms with Crippen LogP contribution in [0.15, 0.2) is 30.5 Å². The fraction of sp³-hybridized carbons (Fsp3) is 0.591. The van der Waals surface area contributed by atoms with Gasteiger partial charge in [-0.25, -0.2) is 0 Å². The van der Waals surface area contributed by atoms with E-state index in [1.165, 1.54) is 0 Å². The summed E-state index contributed by atoms with van der Waals surface area (Å²) in [6, 6.07) is 8.48. The first kappa shape index (κ1) is 18.2. The average Bonchev–Trinajstić information content (AvgIpc) is 3.22. The van der Waals surface area contributed by atoms with Gasteiger partial charge in [0.15, 0.2) is 0 Å². The van der Waals surface area contributed by atoms with E-state index < -0.39 is 0 Å². The molecule has 1 unspecified atom stereocenters. The number of methoxy groups -OCH3 is 1. The van der Waals surface area contributed by atoms with E-state index >= 15 is 0 Å². The summed E-state index contributed by atoms with van der Waals surface area (Å²) in [5.41, 5.74) is 2.01. The molecule has 1 amide bonds. The van der Waals surface area contributed by atoms with Crippen molar-refractivity contribution < 1.29 is 14.3 Å². The molecule has 0 radical (unpaired) electrons. The summed E-state index contributed by atoms with van der Waals surface area (Å²) in [6.45, 7) is 4.33. The van der Waals surface area contributed by atoms with Crippen molar-refractivity contribution >= 4 is 16.8 Å². The second-order valence-corrected chi connectivity index (χ2v) is 8.40. The van der Waals surface area contributed by atoms with Crippen LogP contribution in [-0.2, 0) is 9.47 Å². The third-order valence-corrected chi connectivity index (χ3v) is 7.17. The maximum atomic E-state index is 13.0. The van der Waals surface area contributed by atoms with Crippen LogP contribution in [0.1, 0.15) is 36.0 Å². The number of nitrogens with one attached hydrogen (secondary N) is 1. The molecule has 6 heteroatoms. The van der Waals surface area contributed by atoms with Crippen LogP contribution in [0.2, 0.25) is 0 Å². The quantitative estimate of drug-likeness (QED) is 0.885. The van der Waals surface area contributed by atoms with Gasteiger partial charge in [0.1, 0.15) is 0 Å². The number of benzene rings is 1. The van der Waals surface area contributed by atoms with Gasteiger partial charge in [-0.05, 0) is 49.9 Å². The SMILES string of the molecule is COC1CN(C2CCN(C(=O)c3ccc4[nH]ccc4c3)CC2)C12CCOCC2. The van der Waals surface area contributed by atoms with Gasteiger partial charge >= 0.3 is 0 Å².